The van der Waals surface area contributed by atoms with Gasteiger partial charge in [-0.15, -0.1) is 29.1 Å². The minimum absolute atomic E-state index is 0. The van der Waals surface area contributed by atoms with E-state index in [-0.39, 0.29) is 59.7 Å². The molecule has 0 N–H and O–H groups in total. The van der Waals surface area contributed by atoms with Crippen molar-refractivity contribution in [2.24, 2.45) is 0 Å². The third kappa shape index (κ3) is 6.54. The van der Waals surface area contributed by atoms with E-state index in [0.717, 1.165) is 38.8 Å². The average Bonchev–Trinajstić information content (AvgIpc) is 3.92. The van der Waals surface area contributed by atoms with Crippen LogP contribution in [0, 0.1) is 25.8 Å². The maximum Gasteiger partial charge on any atom is 0.135 e. The SMILES string of the molecule is [2H]c1c(C([2H])([2H])[2H])c([2H])c2c3ccc4[c-]c3n(c3cc(C([2H])([2H])[2H])c(cn3)c3ccccc3oc3ccc(cc3)c3cccc(-c5ccccc5)c3n3[cH-]n(c5[c-]c(ccc5)o4)-c4ccccc4-3)c2c1[2H].[Pt]. The number of aromatic nitrogens is 4. The number of imidazole rings is 1. The normalized spacial score (nSPS) is 14.0. The van der Waals surface area contributed by atoms with Gasteiger partial charge < -0.3 is 22.4 Å². The first kappa shape index (κ1) is 29.7. The molecule has 0 radical (unpaired) electrons. The fourth-order valence-corrected chi connectivity index (χ4v) is 8.52. The van der Waals surface area contributed by atoms with Gasteiger partial charge in [0.15, 0.2) is 0 Å². The minimum atomic E-state index is -2.89. The van der Waals surface area contributed by atoms with Crippen LogP contribution in [0.1, 0.15) is 23.5 Å². The molecule has 0 fully saturated rings. The number of hydrogen-bond acceptors (Lipinski definition) is 3. The van der Waals surface area contributed by atoms with E-state index >= 15 is 0 Å². The zero-order valence-electron chi connectivity index (χ0n) is 42.1. The van der Waals surface area contributed by atoms with Gasteiger partial charge >= 0.3 is 0 Å². The zero-order valence-corrected chi connectivity index (χ0v) is 35.4. The minimum Gasteiger partial charge on any atom is -0.510 e. The zero-order chi connectivity index (χ0) is 48.9. The second-order valence-electron chi connectivity index (χ2n) is 15.0. The molecule has 13 aromatic rings. The quantitative estimate of drug-likeness (QED) is 0.154. The molecule has 306 valence electrons. The van der Waals surface area contributed by atoms with Crippen molar-refractivity contribution >= 4 is 82.4 Å². The van der Waals surface area contributed by atoms with Gasteiger partial charge in [0.25, 0.3) is 0 Å². The molecule has 0 spiro atoms. The summed E-state index contributed by atoms with van der Waals surface area (Å²) in [5, 5.41) is 2.99. The van der Waals surface area contributed by atoms with Crippen molar-refractivity contribution in [3.05, 3.63) is 212 Å². The monoisotopic (exact) mass is 1000 g/mol. The summed E-state index contributed by atoms with van der Waals surface area (Å²) in [6.07, 6.45) is 3.48. The molecule has 0 saturated carbocycles. The Balaban J connectivity index is 0.00000560. The maximum absolute atomic E-state index is 9.28. The fourth-order valence-electron chi connectivity index (χ4n) is 8.52. The molecule has 5 aromatic heterocycles. The summed E-state index contributed by atoms with van der Waals surface area (Å²) in [5.74, 6) is 0. The third-order valence-corrected chi connectivity index (χ3v) is 11.3. The molecule has 6 heterocycles. The Morgan fingerprint density at radius 2 is 1.41 bits per heavy atom. The van der Waals surface area contributed by atoms with Gasteiger partial charge in [0.2, 0.25) is 0 Å². The Bertz CT molecular complexity index is 4310. The van der Waals surface area contributed by atoms with Gasteiger partial charge in [0.05, 0.1) is 4.11 Å². The number of fused-ring (bicyclic) bond motifs is 5. The Morgan fingerprint density at radius 1 is 0.635 bits per heavy atom. The molecule has 63 heavy (non-hydrogen) atoms. The van der Waals surface area contributed by atoms with E-state index in [1.165, 1.54) is 16.7 Å². The van der Waals surface area contributed by atoms with Crippen LogP contribution in [-0.2, 0) is 21.1 Å². The molecule has 0 atom stereocenters. The summed E-state index contributed by atoms with van der Waals surface area (Å²) in [4.78, 5) is 4.82. The van der Waals surface area contributed by atoms with Crippen LogP contribution in [0.25, 0.3) is 105 Å². The van der Waals surface area contributed by atoms with Crippen LogP contribution >= 0.6 is 0 Å². The fraction of sp³-hybridized carbons (Fsp3) is 0.0357. The van der Waals surface area contributed by atoms with Crippen molar-refractivity contribution in [1.29, 1.82) is 0 Å². The van der Waals surface area contributed by atoms with Crippen LogP contribution in [0.3, 0.4) is 0 Å². The van der Waals surface area contributed by atoms with Gasteiger partial charge in [0, 0.05) is 69.3 Å². The van der Waals surface area contributed by atoms with Crippen molar-refractivity contribution in [3.8, 4) is 22.5 Å². The van der Waals surface area contributed by atoms with E-state index < -0.39 is 37.4 Å². The molecule has 0 saturated heterocycles. The first-order chi connectivity index (χ1) is 34.2. The number of pyridine rings is 1. The van der Waals surface area contributed by atoms with Gasteiger partial charge in [-0.1, -0.05) is 126 Å². The van der Waals surface area contributed by atoms with Gasteiger partial charge in [-0.05, 0) is 93.8 Å². The number of rotatable bonds is 1. The number of nitrogens with zero attached hydrogens (tertiary/aromatic N) is 4. The van der Waals surface area contributed by atoms with Gasteiger partial charge in [0.1, 0.15) is 16.8 Å². The van der Waals surface area contributed by atoms with E-state index in [4.69, 9.17) is 23.4 Å². The summed E-state index contributed by atoms with van der Waals surface area (Å²) >= 11 is 0. The summed E-state index contributed by atoms with van der Waals surface area (Å²) < 4.78 is 97.5. The smallest absolute Gasteiger partial charge is 0.135 e. The predicted octanol–water partition coefficient (Wildman–Crippen LogP) is 14.6. The second-order valence-corrected chi connectivity index (χ2v) is 15.0. The Labute approximate surface area is 389 Å². The first-order valence-electron chi connectivity index (χ1n) is 24.5. The molecular formula is C56H37N4O2Pt-3. The van der Waals surface area contributed by atoms with Crippen molar-refractivity contribution in [2.45, 2.75) is 13.7 Å². The van der Waals surface area contributed by atoms with Gasteiger partial charge in [-0.3, -0.25) is 0 Å². The van der Waals surface area contributed by atoms with Crippen LogP contribution in [0.5, 0.6) is 0 Å². The maximum atomic E-state index is 9.28. The Morgan fingerprint density at radius 3 is 2.27 bits per heavy atom. The molecule has 7 heteroatoms. The van der Waals surface area contributed by atoms with E-state index in [1.54, 1.807) is 42.5 Å². The molecule has 0 unspecified atom stereocenters. The molecule has 0 aliphatic carbocycles. The van der Waals surface area contributed by atoms with Crippen molar-refractivity contribution in [2.75, 3.05) is 0 Å². The average molecular weight is 1000 g/mol. The largest absolute Gasteiger partial charge is 0.510 e. The topological polar surface area (TPSA) is 53.4 Å². The molecule has 6 nitrogen and oxygen atoms in total. The van der Waals surface area contributed by atoms with Crippen LogP contribution in [0.2, 0.25) is 0 Å². The van der Waals surface area contributed by atoms with E-state index in [1.807, 2.05) is 79.1 Å². The van der Waals surface area contributed by atoms with Crippen molar-refractivity contribution in [3.63, 3.8) is 0 Å². The summed E-state index contributed by atoms with van der Waals surface area (Å²) in [5.41, 5.74) is 6.44. The number of para-hydroxylation sites is 4. The molecule has 14 rings (SSSR count). The van der Waals surface area contributed by atoms with E-state index in [2.05, 4.69) is 57.7 Å². The first-order valence-corrected chi connectivity index (χ1v) is 20.0. The van der Waals surface area contributed by atoms with Gasteiger partial charge in [-0.2, -0.15) is 24.3 Å². The van der Waals surface area contributed by atoms with Crippen LogP contribution < -0.4 is 0 Å². The molecule has 8 aromatic carbocycles. The molecule has 10 bridgehead atoms. The summed E-state index contributed by atoms with van der Waals surface area (Å²) in [7, 11) is 0. The van der Waals surface area contributed by atoms with E-state index in [0.29, 0.717) is 33.0 Å². The van der Waals surface area contributed by atoms with E-state index in [9.17, 15) is 2.74 Å². The standard InChI is InChI=1S/C56H37N4O2.Pt/c1-36-22-29-50-48(30-36)46-28-27-43-33-53(46)60(50)55-31-37(2)49(34-57-55)47-16-6-9-21-54(47)62-41-25-23-39(24-26-41)45-18-11-17-44(38-12-4-3-5-13-38)56(45)59-35-58(51-19-7-8-20-52(51)59)40-14-10-15-42(32-40)61-43;/h3-31,34-35H,1-2H3;/q-3;/i1D3,2D3,22D,29D,30D;. The van der Waals surface area contributed by atoms with Crippen LogP contribution in [0.15, 0.2) is 197 Å². The molecule has 1 aliphatic heterocycles. The van der Waals surface area contributed by atoms with Gasteiger partial charge in [-0.25, -0.2) is 4.98 Å². The van der Waals surface area contributed by atoms with Crippen molar-refractivity contribution < 1.29 is 42.2 Å². The third-order valence-electron chi connectivity index (χ3n) is 11.3. The summed E-state index contributed by atoms with van der Waals surface area (Å²) in [6.45, 7) is -5.60. The second kappa shape index (κ2) is 15.4. The Hall–Kier alpha value is -7.53. The van der Waals surface area contributed by atoms with Crippen LogP contribution in [-0.4, -0.2) is 18.5 Å². The van der Waals surface area contributed by atoms with Crippen LogP contribution in [0.4, 0.5) is 0 Å². The molecular weight excluding hydrogens is 956 g/mol. The molecule has 1 aliphatic rings. The number of benzene rings is 8. The van der Waals surface area contributed by atoms with Crippen molar-refractivity contribution in [1.82, 2.24) is 18.5 Å². The number of aryl methyl sites for hydroxylation is 1. The predicted molar refractivity (Wildman–Crippen MR) is 253 cm³/mol. The Kier molecular flexibility index (Phi) is 7.27. The molecule has 0 amide bonds. The summed E-state index contributed by atoms with van der Waals surface area (Å²) in [6, 6.07) is 54.9. The number of hydrogen-bond donors (Lipinski definition) is 0.